The number of halogens is 1. The quantitative estimate of drug-likeness (QED) is 0.671. The van der Waals surface area contributed by atoms with Crippen LogP contribution in [-0.2, 0) is 6.42 Å². The molecular formula is C17H14ClN3. The van der Waals surface area contributed by atoms with E-state index in [0.29, 0.717) is 0 Å². The Morgan fingerprint density at radius 1 is 1.10 bits per heavy atom. The van der Waals surface area contributed by atoms with Crippen LogP contribution < -0.4 is 4.90 Å². The first-order chi connectivity index (χ1) is 10.2. The van der Waals surface area contributed by atoms with Crippen LogP contribution in [0.4, 0.5) is 11.5 Å². The molecule has 0 N–H and O–H groups in total. The van der Waals surface area contributed by atoms with Crippen molar-refractivity contribution in [2.45, 2.75) is 13.3 Å². The highest BCUT2D eigenvalue weighted by molar-refractivity contribution is 6.31. The van der Waals surface area contributed by atoms with Crippen LogP contribution in [0.3, 0.4) is 0 Å². The molecule has 2 aromatic carbocycles. The van der Waals surface area contributed by atoms with Crippen LogP contribution in [0.15, 0.2) is 42.7 Å². The minimum atomic E-state index is 0.759. The zero-order valence-corrected chi connectivity index (χ0v) is 12.4. The number of nitrogens with zero attached hydrogens (tertiary/aromatic N) is 3. The molecule has 0 bridgehead atoms. The molecule has 104 valence electrons. The highest BCUT2D eigenvalue weighted by Crippen LogP contribution is 2.37. The first-order valence-electron chi connectivity index (χ1n) is 7.00. The van der Waals surface area contributed by atoms with Crippen LogP contribution in [0.2, 0.25) is 5.02 Å². The largest absolute Gasteiger partial charge is 0.325 e. The maximum absolute atomic E-state index is 6.16. The van der Waals surface area contributed by atoms with Crippen molar-refractivity contribution < 1.29 is 0 Å². The molecule has 1 aliphatic heterocycles. The van der Waals surface area contributed by atoms with Crippen molar-refractivity contribution in [1.82, 2.24) is 9.97 Å². The maximum atomic E-state index is 6.16. The van der Waals surface area contributed by atoms with Crippen molar-refractivity contribution in [1.29, 1.82) is 0 Å². The summed E-state index contributed by atoms with van der Waals surface area (Å²) < 4.78 is 0. The van der Waals surface area contributed by atoms with E-state index in [0.717, 1.165) is 40.4 Å². The first-order valence-corrected chi connectivity index (χ1v) is 7.37. The molecule has 21 heavy (non-hydrogen) atoms. The Hall–Kier alpha value is -2.13. The van der Waals surface area contributed by atoms with Crippen molar-refractivity contribution in [2.75, 3.05) is 11.4 Å². The van der Waals surface area contributed by atoms with Crippen molar-refractivity contribution in [3.8, 4) is 0 Å². The van der Waals surface area contributed by atoms with Gasteiger partial charge < -0.3 is 4.90 Å². The third-order valence-electron chi connectivity index (χ3n) is 3.97. The lowest BCUT2D eigenvalue weighted by Crippen LogP contribution is -2.15. The standard InChI is InChI=1S/C17H14ClN3/c1-11-2-5-14-15(8-11)19-10-20-17(14)21-7-6-12-3-4-13(18)9-16(12)21/h2-5,8-10H,6-7H2,1H3. The fourth-order valence-electron chi connectivity index (χ4n) is 2.94. The number of aromatic nitrogens is 2. The number of fused-ring (bicyclic) bond motifs is 2. The zero-order chi connectivity index (χ0) is 14.4. The monoisotopic (exact) mass is 295 g/mol. The van der Waals surface area contributed by atoms with Gasteiger partial charge in [-0.3, -0.25) is 0 Å². The van der Waals surface area contributed by atoms with E-state index in [1.807, 2.05) is 12.1 Å². The number of hydrogen-bond donors (Lipinski definition) is 0. The van der Waals surface area contributed by atoms with Crippen LogP contribution in [0.1, 0.15) is 11.1 Å². The van der Waals surface area contributed by atoms with E-state index in [1.165, 1.54) is 11.1 Å². The van der Waals surface area contributed by atoms with Crippen molar-refractivity contribution >= 4 is 34.0 Å². The molecule has 0 radical (unpaired) electrons. The smallest absolute Gasteiger partial charge is 0.144 e. The van der Waals surface area contributed by atoms with E-state index in [9.17, 15) is 0 Å². The van der Waals surface area contributed by atoms with Crippen LogP contribution in [0, 0.1) is 6.92 Å². The third kappa shape index (κ3) is 2.05. The molecule has 2 heterocycles. The lowest BCUT2D eigenvalue weighted by Gasteiger charge is -2.20. The molecule has 0 saturated heterocycles. The van der Waals surface area contributed by atoms with Gasteiger partial charge in [0.05, 0.1) is 5.52 Å². The summed E-state index contributed by atoms with van der Waals surface area (Å²) in [7, 11) is 0. The van der Waals surface area contributed by atoms with Gasteiger partial charge in [0.25, 0.3) is 0 Å². The number of benzene rings is 2. The number of aryl methyl sites for hydroxylation is 1. The van der Waals surface area contributed by atoms with E-state index in [-0.39, 0.29) is 0 Å². The van der Waals surface area contributed by atoms with Crippen molar-refractivity contribution in [3.63, 3.8) is 0 Å². The normalized spacial score (nSPS) is 13.7. The molecule has 1 aliphatic rings. The minimum absolute atomic E-state index is 0.759. The summed E-state index contributed by atoms with van der Waals surface area (Å²) in [4.78, 5) is 11.1. The van der Waals surface area contributed by atoms with Gasteiger partial charge in [0.2, 0.25) is 0 Å². The second-order valence-corrected chi connectivity index (χ2v) is 5.83. The Labute approximate surface area is 128 Å². The van der Waals surface area contributed by atoms with Gasteiger partial charge >= 0.3 is 0 Å². The van der Waals surface area contributed by atoms with E-state index in [4.69, 9.17) is 11.6 Å². The number of anilines is 2. The fourth-order valence-corrected chi connectivity index (χ4v) is 3.11. The summed E-state index contributed by atoms with van der Waals surface area (Å²) in [5, 5.41) is 1.84. The SMILES string of the molecule is Cc1ccc2c(N3CCc4ccc(Cl)cc43)ncnc2c1. The molecule has 0 spiro atoms. The Morgan fingerprint density at radius 2 is 2.00 bits per heavy atom. The van der Waals surface area contributed by atoms with Gasteiger partial charge in [-0.15, -0.1) is 0 Å². The third-order valence-corrected chi connectivity index (χ3v) is 4.20. The Kier molecular flexibility index (Phi) is 2.82. The fraction of sp³-hybridized carbons (Fsp3) is 0.176. The summed E-state index contributed by atoms with van der Waals surface area (Å²) in [6.07, 6.45) is 2.66. The second-order valence-electron chi connectivity index (χ2n) is 5.39. The van der Waals surface area contributed by atoms with Gasteiger partial charge in [-0.2, -0.15) is 0 Å². The van der Waals surface area contributed by atoms with Gasteiger partial charge in [0.1, 0.15) is 12.1 Å². The molecule has 0 saturated carbocycles. The first kappa shape index (κ1) is 12.6. The van der Waals surface area contributed by atoms with Crippen LogP contribution in [0.5, 0.6) is 0 Å². The van der Waals surface area contributed by atoms with E-state index in [2.05, 4.69) is 46.1 Å². The Morgan fingerprint density at radius 3 is 2.90 bits per heavy atom. The van der Waals surface area contributed by atoms with Crippen molar-refractivity contribution in [2.24, 2.45) is 0 Å². The molecule has 3 nitrogen and oxygen atoms in total. The van der Waals surface area contributed by atoms with Crippen LogP contribution >= 0.6 is 11.6 Å². The second kappa shape index (κ2) is 4.71. The maximum Gasteiger partial charge on any atom is 0.144 e. The van der Waals surface area contributed by atoms with Gasteiger partial charge in [-0.05, 0) is 48.7 Å². The highest BCUT2D eigenvalue weighted by atomic mass is 35.5. The molecule has 4 heteroatoms. The average Bonchev–Trinajstić information content (AvgIpc) is 2.89. The number of hydrogen-bond acceptors (Lipinski definition) is 3. The summed E-state index contributed by atoms with van der Waals surface area (Å²) in [6, 6.07) is 12.4. The lowest BCUT2D eigenvalue weighted by atomic mass is 10.1. The van der Waals surface area contributed by atoms with Gasteiger partial charge in [0.15, 0.2) is 0 Å². The lowest BCUT2D eigenvalue weighted by molar-refractivity contribution is 0.974. The summed E-state index contributed by atoms with van der Waals surface area (Å²) in [5.74, 6) is 0.959. The predicted octanol–water partition coefficient (Wildman–Crippen LogP) is 4.29. The Balaban J connectivity index is 1.91. The van der Waals surface area contributed by atoms with E-state index >= 15 is 0 Å². The van der Waals surface area contributed by atoms with Crippen LogP contribution in [0.25, 0.3) is 10.9 Å². The predicted molar refractivity (Wildman–Crippen MR) is 86.4 cm³/mol. The highest BCUT2D eigenvalue weighted by Gasteiger charge is 2.23. The summed E-state index contributed by atoms with van der Waals surface area (Å²) in [5.41, 5.74) is 4.66. The molecule has 0 fully saturated rings. The molecular weight excluding hydrogens is 282 g/mol. The van der Waals surface area contributed by atoms with Gasteiger partial charge in [0, 0.05) is 22.6 Å². The molecule has 0 aliphatic carbocycles. The molecule has 0 amide bonds. The van der Waals surface area contributed by atoms with Gasteiger partial charge in [-0.1, -0.05) is 23.7 Å². The topological polar surface area (TPSA) is 29.0 Å². The minimum Gasteiger partial charge on any atom is -0.325 e. The Bertz CT molecular complexity index is 845. The molecule has 0 atom stereocenters. The van der Waals surface area contributed by atoms with Crippen LogP contribution in [-0.4, -0.2) is 16.5 Å². The molecule has 3 aromatic rings. The molecule has 4 rings (SSSR count). The summed E-state index contributed by atoms with van der Waals surface area (Å²) >= 11 is 6.16. The number of rotatable bonds is 1. The summed E-state index contributed by atoms with van der Waals surface area (Å²) in [6.45, 7) is 3.00. The zero-order valence-electron chi connectivity index (χ0n) is 11.7. The van der Waals surface area contributed by atoms with E-state index in [1.54, 1.807) is 6.33 Å². The van der Waals surface area contributed by atoms with Crippen molar-refractivity contribution in [3.05, 3.63) is 58.9 Å². The van der Waals surface area contributed by atoms with Gasteiger partial charge in [-0.25, -0.2) is 9.97 Å². The average molecular weight is 296 g/mol. The molecule has 1 aromatic heterocycles. The molecule has 0 unspecified atom stereocenters. The van der Waals surface area contributed by atoms with E-state index < -0.39 is 0 Å².